The highest BCUT2D eigenvalue weighted by atomic mass is 16.2. The Hall–Kier alpha value is -1.71. The maximum atomic E-state index is 12.3. The van der Waals surface area contributed by atoms with Gasteiger partial charge in [0.15, 0.2) is 0 Å². The van der Waals surface area contributed by atoms with Gasteiger partial charge in [-0.25, -0.2) is 4.79 Å². The van der Waals surface area contributed by atoms with Crippen LogP contribution in [0, 0.1) is 0 Å². The van der Waals surface area contributed by atoms with Gasteiger partial charge in [-0.15, -0.1) is 0 Å². The van der Waals surface area contributed by atoms with E-state index in [2.05, 4.69) is 6.07 Å². The molecule has 1 fully saturated rings. The smallest absolute Gasteiger partial charge is 0.320 e. The molecule has 3 rings (SSSR count). The van der Waals surface area contributed by atoms with E-state index < -0.39 is 0 Å². The molecule has 2 heterocycles. The molecule has 1 saturated heterocycles. The number of hydrogen-bond acceptors (Lipinski definition) is 2. The van der Waals surface area contributed by atoms with E-state index in [1.807, 2.05) is 21.9 Å². The first kappa shape index (κ1) is 11.4. The molecule has 0 unspecified atom stereocenters. The first-order valence-corrected chi connectivity index (χ1v) is 6.65. The van der Waals surface area contributed by atoms with E-state index in [1.54, 1.807) is 0 Å². The number of rotatable bonds is 0. The molecule has 0 aromatic heterocycles. The molecule has 2 aliphatic heterocycles. The minimum absolute atomic E-state index is 0.195. The van der Waals surface area contributed by atoms with Crippen molar-refractivity contribution in [3.63, 3.8) is 0 Å². The molecule has 4 nitrogen and oxygen atoms in total. The minimum Gasteiger partial charge on any atom is -0.399 e. The van der Waals surface area contributed by atoms with Gasteiger partial charge in [-0.2, -0.15) is 0 Å². The SMILES string of the molecule is Nc1ccc2c(c1)CN(C(=O)N1CCCC1)CC2. The van der Waals surface area contributed by atoms with Gasteiger partial charge in [-0.1, -0.05) is 6.07 Å². The molecule has 0 radical (unpaired) electrons. The van der Waals surface area contributed by atoms with Crippen molar-refractivity contribution in [2.45, 2.75) is 25.8 Å². The molecule has 0 atom stereocenters. The maximum absolute atomic E-state index is 12.3. The molecule has 2 N–H and O–H groups in total. The second kappa shape index (κ2) is 4.52. The third-order valence-electron chi connectivity index (χ3n) is 3.89. The van der Waals surface area contributed by atoms with Gasteiger partial charge in [0.2, 0.25) is 0 Å². The van der Waals surface area contributed by atoms with Gasteiger partial charge in [0.1, 0.15) is 0 Å². The van der Waals surface area contributed by atoms with Crippen molar-refractivity contribution in [3.05, 3.63) is 29.3 Å². The van der Waals surface area contributed by atoms with Crippen molar-refractivity contribution < 1.29 is 4.79 Å². The van der Waals surface area contributed by atoms with E-state index in [0.717, 1.165) is 44.6 Å². The van der Waals surface area contributed by atoms with E-state index >= 15 is 0 Å². The summed E-state index contributed by atoms with van der Waals surface area (Å²) in [5.41, 5.74) is 9.12. The monoisotopic (exact) mass is 245 g/mol. The summed E-state index contributed by atoms with van der Waals surface area (Å²) in [4.78, 5) is 16.2. The van der Waals surface area contributed by atoms with E-state index in [1.165, 1.54) is 11.1 Å². The Kier molecular flexibility index (Phi) is 2.86. The summed E-state index contributed by atoms with van der Waals surface area (Å²) in [6.07, 6.45) is 3.22. The fourth-order valence-electron chi connectivity index (χ4n) is 2.85. The third-order valence-corrected chi connectivity index (χ3v) is 3.89. The van der Waals surface area contributed by atoms with Gasteiger partial charge < -0.3 is 15.5 Å². The summed E-state index contributed by atoms with van der Waals surface area (Å²) in [6.45, 7) is 3.36. The Bertz CT molecular complexity index is 466. The first-order valence-electron chi connectivity index (χ1n) is 6.65. The topological polar surface area (TPSA) is 49.6 Å². The highest BCUT2D eigenvalue weighted by molar-refractivity contribution is 5.75. The molecule has 2 amide bonds. The number of likely N-dealkylation sites (tertiary alicyclic amines) is 1. The average molecular weight is 245 g/mol. The lowest BCUT2D eigenvalue weighted by atomic mass is 9.99. The molecule has 0 spiro atoms. The van der Waals surface area contributed by atoms with E-state index in [0.29, 0.717) is 6.54 Å². The number of fused-ring (bicyclic) bond motifs is 1. The van der Waals surface area contributed by atoms with E-state index in [-0.39, 0.29) is 6.03 Å². The van der Waals surface area contributed by atoms with Crippen molar-refractivity contribution in [3.8, 4) is 0 Å². The van der Waals surface area contributed by atoms with Crippen LogP contribution in [0.25, 0.3) is 0 Å². The molecule has 4 heteroatoms. The fourth-order valence-corrected chi connectivity index (χ4v) is 2.85. The Morgan fingerprint density at radius 1 is 1.06 bits per heavy atom. The van der Waals surface area contributed by atoms with E-state index in [4.69, 9.17) is 5.73 Å². The highest BCUT2D eigenvalue weighted by Gasteiger charge is 2.26. The number of amides is 2. The molecule has 0 bridgehead atoms. The Morgan fingerprint density at radius 3 is 2.61 bits per heavy atom. The van der Waals surface area contributed by atoms with Gasteiger partial charge in [0, 0.05) is 31.9 Å². The van der Waals surface area contributed by atoms with Crippen LogP contribution in [0.15, 0.2) is 18.2 Å². The van der Waals surface area contributed by atoms with Crippen molar-refractivity contribution in [2.75, 3.05) is 25.4 Å². The number of nitrogen functional groups attached to an aromatic ring is 1. The summed E-state index contributed by atoms with van der Waals surface area (Å²) in [7, 11) is 0. The largest absolute Gasteiger partial charge is 0.399 e. The Balaban J connectivity index is 1.75. The zero-order valence-electron chi connectivity index (χ0n) is 10.6. The summed E-state index contributed by atoms with van der Waals surface area (Å²) in [6, 6.07) is 6.22. The third kappa shape index (κ3) is 2.03. The normalized spacial score (nSPS) is 18.9. The van der Waals surface area contributed by atoms with Crippen LogP contribution in [-0.4, -0.2) is 35.5 Å². The van der Waals surface area contributed by atoms with Gasteiger partial charge in [0.05, 0.1) is 0 Å². The van der Waals surface area contributed by atoms with Gasteiger partial charge >= 0.3 is 6.03 Å². The summed E-state index contributed by atoms with van der Waals surface area (Å²) >= 11 is 0. The lowest BCUT2D eigenvalue weighted by Crippen LogP contribution is -2.44. The fraction of sp³-hybridized carbons (Fsp3) is 0.500. The molecule has 0 aliphatic carbocycles. The van der Waals surface area contributed by atoms with Crippen LogP contribution in [0.5, 0.6) is 0 Å². The van der Waals surface area contributed by atoms with Crippen molar-refractivity contribution in [1.29, 1.82) is 0 Å². The summed E-state index contributed by atoms with van der Waals surface area (Å²) < 4.78 is 0. The van der Waals surface area contributed by atoms with Crippen molar-refractivity contribution in [2.24, 2.45) is 0 Å². The summed E-state index contributed by atoms with van der Waals surface area (Å²) in [5.74, 6) is 0. The Morgan fingerprint density at radius 2 is 1.83 bits per heavy atom. The molecular formula is C14H19N3O. The van der Waals surface area contributed by atoms with Crippen molar-refractivity contribution >= 4 is 11.7 Å². The number of hydrogen-bond donors (Lipinski definition) is 1. The van der Waals surface area contributed by atoms with Gasteiger partial charge in [0.25, 0.3) is 0 Å². The average Bonchev–Trinajstić information content (AvgIpc) is 2.90. The standard InChI is InChI=1S/C14H19N3O/c15-13-4-3-11-5-8-17(10-12(11)9-13)14(18)16-6-1-2-7-16/h3-4,9H,1-2,5-8,10,15H2. The predicted molar refractivity (Wildman–Crippen MR) is 71.2 cm³/mol. The summed E-state index contributed by atoms with van der Waals surface area (Å²) in [5, 5.41) is 0. The Labute approximate surface area is 107 Å². The molecule has 96 valence electrons. The van der Waals surface area contributed by atoms with E-state index in [9.17, 15) is 4.79 Å². The molecule has 18 heavy (non-hydrogen) atoms. The van der Waals surface area contributed by atoms with Crippen LogP contribution in [0.2, 0.25) is 0 Å². The molecule has 1 aromatic carbocycles. The van der Waals surface area contributed by atoms with Crippen LogP contribution in [0.1, 0.15) is 24.0 Å². The second-order valence-electron chi connectivity index (χ2n) is 5.18. The number of carbonyl (C=O) groups excluding carboxylic acids is 1. The molecular weight excluding hydrogens is 226 g/mol. The quantitative estimate of drug-likeness (QED) is 0.709. The van der Waals surface area contributed by atoms with Crippen molar-refractivity contribution in [1.82, 2.24) is 9.80 Å². The number of benzene rings is 1. The van der Waals surface area contributed by atoms with Gasteiger partial charge in [-0.3, -0.25) is 0 Å². The number of nitrogens with zero attached hydrogens (tertiary/aromatic N) is 2. The van der Waals surface area contributed by atoms with Gasteiger partial charge in [-0.05, 0) is 42.5 Å². The number of anilines is 1. The minimum atomic E-state index is 0.195. The molecule has 2 aliphatic rings. The maximum Gasteiger partial charge on any atom is 0.320 e. The molecule has 0 saturated carbocycles. The first-order chi connectivity index (χ1) is 8.74. The zero-order chi connectivity index (χ0) is 12.5. The number of urea groups is 1. The lowest BCUT2D eigenvalue weighted by Gasteiger charge is -2.32. The van der Waals surface area contributed by atoms with Crippen LogP contribution in [0.3, 0.4) is 0 Å². The number of carbonyl (C=O) groups is 1. The zero-order valence-corrected chi connectivity index (χ0v) is 10.6. The molecule has 1 aromatic rings. The second-order valence-corrected chi connectivity index (χ2v) is 5.18. The van der Waals surface area contributed by atoms with Crippen LogP contribution < -0.4 is 5.73 Å². The van der Waals surface area contributed by atoms with Crippen LogP contribution >= 0.6 is 0 Å². The lowest BCUT2D eigenvalue weighted by molar-refractivity contribution is 0.157. The predicted octanol–water partition coefficient (Wildman–Crippen LogP) is 1.84. The highest BCUT2D eigenvalue weighted by Crippen LogP contribution is 2.23. The number of nitrogens with two attached hydrogens (primary N) is 1. The van der Waals surface area contributed by atoms with Crippen LogP contribution in [0.4, 0.5) is 10.5 Å². The van der Waals surface area contributed by atoms with Crippen LogP contribution in [-0.2, 0) is 13.0 Å².